The van der Waals surface area contributed by atoms with E-state index in [1.54, 1.807) is 0 Å². The quantitative estimate of drug-likeness (QED) is 0.844. The maximum Gasteiger partial charge on any atom is 0.317 e. The molecule has 0 radical (unpaired) electrons. The molecule has 0 bridgehead atoms. The molecule has 2 aliphatic heterocycles. The van der Waals surface area contributed by atoms with E-state index < -0.39 is 0 Å². The fourth-order valence-electron chi connectivity index (χ4n) is 4.32. The third-order valence-electron chi connectivity index (χ3n) is 5.87. The minimum atomic E-state index is -0.00910. The first-order chi connectivity index (χ1) is 13.3. The smallest absolute Gasteiger partial charge is 0.317 e. The number of hydrogen-bond donors (Lipinski definition) is 1. The molecule has 2 heterocycles. The predicted molar refractivity (Wildman–Crippen MR) is 112 cm³/mol. The Morgan fingerprint density at radius 1 is 1.00 bits per heavy atom. The Kier molecular flexibility index (Phi) is 6.63. The highest BCUT2D eigenvalue weighted by molar-refractivity contribution is 5.80. The van der Waals surface area contributed by atoms with Gasteiger partial charge < -0.3 is 15.1 Å². The third kappa shape index (κ3) is 5.49. The Balaban J connectivity index is 1.56. The Morgan fingerprint density at radius 2 is 1.61 bits per heavy atom. The van der Waals surface area contributed by atoms with Gasteiger partial charge >= 0.3 is 6.03 Å². The van der Waals surface area contributed by atoms with Gasteiger partial charge in [-0.15, -0.1) is 0 Å². The van der Waals surface area contributed by atoms with E-state index in [2.05, 4.69) is 38.2 Å². The Hall–Kier alpha value is -2.04. The van der Waals surface area contributed by atoms with Crippen molar-refractivity contribution in [1.82, 2.24) is 15.1 Å². The monoisotopic (exact) mass is 385 g/mol. The fourth-order valence-corrected chi connectivity index (χ4v) is 4.32. The second-order valence-corrected chi connectivity index (χ2v) is 9.47. The van der Waals surface area contributed by atoms with Gasteiger partial charge in [-0.3, -0.25) is 4.79 Å². The van der Waals surface area contributed by atoms with Crippen LogP contribution in [0.25, 0.3) is 0 Å². The van der Waals surface area contributed by atoms with Gasteiger partial charge in [-0.05, 0) is 43.1 Å². The molecule has 5 heteroatoms. The second kappa shape index (κ2) is 8.97. The maximum absolute atomic E-state index is 12.9. The molecule has 3 amide bonds. The Morgan fingerprint density at radius 3 is 2.18 bits per heavy atom. The molecule has 2 saturated heterocycles. The highest BCUT2D eigenvalue weighted by Crippen LogP contribution is 2.30. The molecule has 1 aromatic rings. The molecule has 0 aliphatic carbocycles. The first-order valence-electron chi connectivity index (χ1n) is 10.7. The lowest BCUT2D eigenvalue weighted by molar-refractivity contribution is -0.135. The van der Waals surface area contributed by atoms with E-state index in [4.69, 9.17) is 0 Å². The SMILES string of the molecule is CC(C)(C)CC(NC(=O)N1CCC(C(=O)N2CCCC2)CC1)c1ccccc1. The van der Waals surface area contributed by atoms with Crippen molar-refractivity contribution in [2.75, 3.05) is 26.2 Å². The van der Waals surface area contributed by atoms with Crippen molar-refractivity contribution in [3.05, 3.63) is 35.9 Å². The predicted octanol–water partition coefficient (Wildman–Crippen LogP) is 4.21. The van der Waals surface area contributed by atoms with Gasteiger partial charge in [-0.1, -0.05) is 51.1 Å². The molecule has 28 heavy (non-hydrogen) atoms. The zero-order valence-corrected chi connectivity index (χ0v) is 17.6. The van der Waals surface area contributed by atoms with Crippen LogP contribution in [0.2, 0.25) is 0 Å². The minimum absolute atomic E-state index is 0.00217. The Bertz CT molecular complexity index is 654. The van der Waals surface area contributed by atoms with Crippen LogP contribution in [-0.4, -0.2) is 47.9 Å². The summed E-state index contributed by atoms with van der Waals surface area (Å²) in [6, 6.07) is 10.2. The number of hydrogen-bond acceptors (Lipinski definition) is 2. The number of carbonyl (C=O) groups is 2. The lowest BCUT2D eigenvalue weighted by atomic mass is 9.85. The highest BCUT2D eigenvalue weighted by Gasteiger charge is 2.32. The Labute approximate surface area is 169 Å². The largest absolute Gasteiger partial charge is 0.342 e. The first-order valence-corrected chi connectivity index (χ1v) is 10.7. The van der Waals surface area contributed by atoms with Crippen LogP contribution < -0.4 is 5.32 Å². The van der Waals surface area contributed by atoms with E-state index in [1.165, 1.54) is 0 Å². The summed E-state index contributed by atoms with van der Waals surface area (Å²) < 4.78 is 0. The lowest BCUT2D eigenvalue weighted by Gasteiger charge is -2.35. The van der Waals surface area contributed by atoms with Crippen LogP contribution in [0.4, 0.5) is 4.79 Å². The van der Waals surface area contributed by atoms with Gasteiger partial charge in [0.05, 0.1) is 6.04 Å². The van der Waals surface area contributed by atoms with Crippen LogP contribution in [0, 0.1) is 11.3 Å². The number of nitrogens with one attached hydrogen (secondary N) is 1. The molecule has 0 saturated carbocycles. The summed E-state index contributed by atoms with van der Waals surface area (Å²) in [5, 5.41) is 3.25. The van der Waals surface area contributed by atoms with Crippen molar-refractivity contribution in [1.29, 1.82) is 0 Å². The van der Waals surface area contributed by atoms with Crippen molar-refractivity contribution in [3.63, 3.8) is 0 Å². The molecule has 0 aromatic heterocycles. The van der Waals surface area contributed by atoms with Crippen LogP contribution in [0.3, 0.4) is 0 Å². The summed E-state index contributed by atoms with van der Waals surface area (Å²) in [5.74, 6) is 0.383. The van der Waals surface area contributed by atoms with Crippen LogP contribution in [0.5, 0.6) is 0 Å². The number of carbonyl (C=O) groups excluding carboxylic acids is 2. The number of nitrogens with zero attached hydrogens (tertiary/aromatic N) is 2. The summed E-state index contributed by atoms with van der Waals surface area (Å²) in [6.07, 6.45) is 4.69. The molecule has 2 aliphatic rings. The van der Waals surface area contributed by atoms with Crippen molar-refractivity contribution in [3.8, 4) is 0 Å². The van der Waals surface area contributed by atoms with Crippen LogP contribution in [0.15, 0.2) is 30.3 Å². The lowest BCUT2D eigenvalue weighted by Crippen LogP contribution is -2.48. The zero-order valence-electron chi connectivity index (χ0n) is 17.6. The van der Waals surface area contributed by atoms with E-state index >= 15 is 0 Å². The van der Waals surface area contributed by atoms with Crippen LogP contribution >= 0.6 is 0 Å². The third-order valence-corrected chi connectivity index (χ3v) is 5.87. The average molecular weight is 386 g/mol. The molecule has 1 unspecified atom stereocenters. The molecular formula is C23H35N3O2. The van der Waals surface area contributed by atoms with E-state index in [-0.39, 0.29) is 23.4 Å². The molecule has 2 fully saturated rings. The van der Waals surface area contributed by atoms with Crippen LogP contribution in [-0.2, 0) is 4.79 Å². The standard InChI is InChI=1S/C23H35N3O2/c1-23(2,3)17-20(18-9-5-4-6-10-18)24-22(28)26-15-11-19(12-16-26)21(27)25-13-7-8-14-25/h4-6,9-10,19-20H,7-8,11-17H2,1-3H3,(H,24,28). The minimum Gasteiger partial charge on any atom is -0.342 e. The van der Waals surface area contributed by atoms with E-state index in [0.29, 0.717) is 19.0 Å². The molecular weight excluding hydrogens is 350 g/mol. The number of urea groups is 1. The summed E-state index contributed by atoms with van der Waals surface area (Å²) in [6.45, 7) is 9.73. The van der Waals surface area contributed by atoms with Gasteiger partial charge in [0.15, 0.2) is 0 Å². The number of benzene rings is 1. The van der Waals surface area contributed by atoms with Crippen molar-refractivity contribution in [2.24, 2.45) is 11.3 Å². The summed E-state index contributed by atoms with van der Waals surface area (Å²) >= 11 is 0. The van der Waals surface area contributed by atoms with Crippen molar-refractivity contribution in [2.45, 2.75) is 58.9 Å². The van der Waals surface area contributed by atoms with Gasteiger partial charge in [-0.2, -0.15) is 0 Å². The molecule has 154 valence electrons. The molecule has 1 N–H and O–H groups in total. The molecule has 1 atom stereocenters. The zero-order chi connectivity index (χ0) is 20.1. The van der Waals surface area contributed by atoms with Crippen molar-refractivity contribution < 1.29 is 9.59 Å². The summed E-state index contributed by atoms with van der Waals surface area (Å²) in [5.41, 5.74) is 1.26. The van der Waals surface area contributed by atoms with Gasteiger partial charge in [-0.25, -0.2) is 4.79 Å². The molecule has 3 rings (SSSR count). The van der Waals surface area contributed by atoms with Crippen LogP contribution in [0.1, 0.15) is 64.5 Å². The molecule has 1 aromatic carbocycles. The second-order valence-electron chi connectivity index (χ2n) is 9.47. The number of likely N-dealkylation sites (tertiary alicyclic amines) is 2. The molecule has 5 nitrogen and oxygen atoms in total. The maximum atomic E-state index is 12.9. The van der Waals surface area contributed by atoms with Gasteiger partial charge in [0.2, 0.25) is 5.91 Å². The van der Waals surface area contributed by atoms with Gasteiger partial charge in [0.1, 0.15) is 0 Å². The fraction of sp³-hybridized carbons (Fsp3) is 0.652. The summed E-state index contributed by atoms with van der Waals surface area (Å²) in [4.78, 5) is 29.4. The highest BCUT2D eigenvalue weighted by atomic mass is 16.2. The first kappa shape index (κ1) is 20.7. The average Bonchev–Trinajstić information content (AvgIpc) is 3.21. The number of piperidine rings is 1. The molecule has 0 spiro atoms. The normalized spacial score (nSPS) is 19.5. The summed E-state index contributed by atoms with van der Waals surface area (Å²) in [7, 11) is 0. The number of amides is 3. The topological polar surface area (TPSA) is 52.7 Å². The van der Waals surface area contributed by atoms with E-state index in [1.807, 2.05) is 28.0 Å². The van der Waals surface area contributed by atoms with Crippen molar-refractivity contribution >= 4 is 11.9 Å². The van der Waals surface area contributed by atoms with E-state index in [9.17, 15) is 9.59 Å². The number of rotatable bonds is 4. The van der Waals surface area contributed by atoms with Gasteiger partial charge in [0, 0.05) is 32.1 Å². The van der Waals surface area contributed by atoms with E-state index in [0.717, 1.165) is 50.8 Å². The van der Waals surface area contributed by atoms with Gasteiger partial charge in [0.25, 0.3) is 0 Å².